The number of benzene rings is 2. The quantitative estimate of drug-likeness (QED) is 0.269. The maximum absolute atomic E-state index is 13.3. The van der Waals surface area contributed by atoms with Crippen molar-refractivity contribution in [1.29, 1.82) is 0 Å². The van der Waals surface area contributed by atoms with Gasteiger partial charge in [0.05, 0.1) is 25.0 Å². The molecule has 4 rings (SSSR count). The summed E-state index contributed by atoms with van der Waals surface area (Å²) in [5, 5.41) is 0.739. The number of hydrogen-bond donors (Lipinski definition) is 0. The van der Waals surface area contributed by atoms with E-state index in [9.17, 15) is 9.00 Å². The van der Waals surface area contributed by atoms with Gasteiger partial charge in [0.2, 0.25) is 0 Å². The number of anilines is 1. The minimum atomic E-state index is -1.88. The number of fused-ring (bicyclic) bond motifs is 1. The summed E-state index contributed by atoms with van der Waals surface area (Å²) in [6, 6.07) is 11.6. The third kappa shape index (κ3) is 7.72. The van der Waals surface area contributed by atoms with Gasteiger partial charge in [-0.3, -0.25) is 4.79 Å². The second-order valence-corrected chi connectivity index (χ2v) is 12.8. The average molecular weight is 602 g/mol. The third-order valence-electron chi connectivity index (χ3n) is 8.00. The number of hydrogen-bond acceptors (Lipinski definition) is 7. The van der Waals surface area contributed by atoms with Crippen molar-refractivity contribution < 1.29 is 23.2 Å². The van der Waals surface area contributed by atoms with E-state index >= 15 is 0 Å². The monoisotopic (exact) mass is 601 g/mol. The molecule has 0 saturated carbocycles. The molecule has 7 nitrogen and oxygen atoms in total. The van der Waals surface area contributed by atoms with Crippen molar-refractivity contribution in [3.05, 3.63) is 64.7 Å². The summed E-state index contributed by atoms with van der Waals surface area (Å²) in [7, 11) is -0.157. The van der Waals surface area contributed by atoms with Crippen LogP contribution in [0, 0.1) is 5.92 Å². The van der Waals surface area contributed by atoms with Gasteiger partial charge < -0.3 is 27.7 Å². The van der Waals surface area contributed by atoms with Crippen LogP contribution in [0.15, 0.2) is 57.8 Å². The van der Waals surface area contributed by atoms with Crippen molar-refractivity contribution in [3.63, 3.8) is 0 Å². The zero-order chi connectivity index (χ0) is 29.6. The molecule has 0 N–H and O–H groups in total. The SMILES string of the molecule is CCCc1cc(Cl)ccc1C1COc2ccc3cc2N(CCC(CC)C(OC)/C=C/COC(C)(C)C(=O)N=[S-]3=O)C1. The van der Waals surface area contributed by atoms with Gasteiger partial charge in [-0.05, 0) is 68.0 Å². The zero-order valence-electron chi connectivity index (χ0n) is 24.7. The molecule has 9 heteroatoms. The molecule has 3 unspecified atom stereocenters. The molecule has 3 atom stereocenters. The van der Waals surface area contributed by atoms with E-state index in [0.717, 1.165) is 55.2 Å². The van der Waals surface area contributed by atoms with Gasteiger partial charge in [-0.2, -0.15) is 10.6 Å². The number of carbonyl (C=O) groups is 1. The summed E-state index contributed by atoms with van der Waals surface area (Å²) in [6.45, 7) is 9.86. The van der Waals surface area contributed by atoms with E-state index in [1.807, 2.05) is 30.4 Å². The Hall–Kier alpha value is -2.39. The van der Waals surface area contributed by atoms with Gasteiger partial charge in [-0.25, -0.2) is 0 Å². The van der Waals surface area contributed by atoms with Gasteiger partial charge in [0, 0.05) is 31.1 Å². The van der Waals surface area contributed by atoms with Crippen LogP contribution in [0.2, 0.25) is 5.02 Å². The Morgan fingerprint density at radius 3 is 2.73 bits per heavy atom. The highest BCUT2D eigenvalue weighted by molar-refractivity contribution is 7.75. The largest absolute Gasteiger partial charge is 0.491 e. The van der Waals surface area contributed by atoms with E-state index in [4.69, 9.17) is 25.8 Å². The van der Waals surface area contributed by atoms with E-state index in [1.165, 1.54) is 11.1 Å². The van der Waals surface area contributed by atoms with Crippen LogP contribution in [-0.2, 0) is 35.5 Å². The van der Waals surface area contributed by atoms with Crippen molar-refractivity contribution in [2.45, 2.75) is 75.9 Å². The summed E-state index contributed by atoms with van der Waals surface area (Å²) >= 11 is 6.38. The fourth-order valence-electron chi connectivity index (χ4n) is 5.54. The van der Waals surface area contributed by atoms with Crippen LogP contribution in [0.3, 0.4) is 0 Å². The van der Waals surface area contributed by atoms with Crippen LogP contribution in [0.4, 0.5) is 5.69 Å². The van der Waals surface area contributed by atoms with Crippen LogP contribution in [0.25, 0.3) is 0 Å². The molecule has 2 aliphatic rings. The second kappa shape index (κ2) is 14.2. The van der Waals surface area contributed by atoms with Crippen LogP contribution in [0.5, 0.6) is 5.75 Å². The summed E-state index contributed by atoms with van der Waals surface area (Å²) in [6.07, 6.45) is 7.60. The first-order valence-corrected chi connectivity index (χ1v) is 16.0. The van der Waals surface area contributed by atoms with Gasteiger partial charge in [0.25, 0.3) is 5.91 Å². The van der Waals surface area contributed by atoms with Crippen molar-refractivity contribution in [2.75, 3.05) is 38.3 Å². The Kier molecular flexibility index (Phi) is 10.9. The molecule has 41 heavy (non-hydrogen) atoms. The number of carbonyl (C=O) groups excluding carboxylic acids is 1. The number of halogens is 1. The standard InChI is InChI=1S/C32H42ClN2O5S/c1-6-9-23-18-25(33)11-13-27(23)24-20-35-16-15-22(7-2)29(38-5)10-8-17-40-32(3,4)31(36)34-41(37)26-12-14-30(39-21-24)28(35)19-26/h8,10-14,18-19,22,24,29H,6-7,9,15-17,20-21H2,1-5H3/q-1/b10-8+. The Morgan fingerprint density at radius 2 is 2.00 bits per heavy atom. The molecule has 0 fully saturated rings. The fourth-order valence-corrected chi connectivity index (χ4v) is 6.60. The molecule has 0 radical (unpaired) electrons. The summed E-state index contributed by atoms with van der Waals surface area (Å²) in [4.78, 5) is 15.7. The molecule has 2 heterocycles. The zero-order valence-corrected chi connectivity index (χ0v) is 26.3. The van der Waals surface area contributed by atoms with Crippen molar-refractivity contribution in [1.82, 2.24) is 0 Å². The molecule has 2 aromatic carbocycles. The van der Waals surface area contributed by atoms with E-state index in [0.29, 0.717) is 11.5 Å². The normalized spacial score (nSPS) is 24.7. The lowest BCUT2D eigenvalue weighted by Gasteiger charge is -2.31. The summed E-state index contributed by atoms with van der Waals surface area (Å²) in [5.74, 6) is 0.540. The molecule has 224 valence electrons. The van der Waals surface area contributed by atoms with E-state index in [1.54, 1.807) is 27.0 Å². The molecule has 0 spiro atoms. The van der Waals surface area contributed by atoms with E-state index < -0.39 is 22.1 Å². The Labute approximate surface area is 251 Å². The molecular formula is C32H42ClN2O5S-. The lowest BCUT2D eigenvalue weighted by Crippen LogP contribution is -2.34. The smallest absolute Gasteiger partial charge is 0.254 e. The Balaban J connectivity index is 1.78. The molecule has 1 amide bonds. The molecule has 2 bridgehead atoms. The van der Waals surface area contributed by atoms with Gasteiger partial charge in [0.15, 0.2) is 0 Å². The fraction of sp³-hybridized carbons (Fsp3) is 0.531. The third-order valence-corrected chi connectivity index (χ3v) is 9.22. The molecule has 2 aliphatic heterocycles. The second-order valence-electron chi connectivity index (χ2n) is 11.2. The number of ether oxygens (including phenoxy) is 3. The Morgan fingerprint density at radius 1 is 1.20 bits per heavy atom. The predicted octanol–water partition coefficient (Wildman–Crippen LogP) is 7.10. The highest BCUT2D eigenvalue weighted by Crippen LogP contribution is 2.38. The predicted molar refractivity (Wildman–Crippen MR) is 164 cm³/mol. The highest BCUT2D eigenvalue weighted by atomic mass is 35.5. The lowest BCUT2D eigenvalue weighted by molar-refractivity contribution is -0.137. The molecule has 0 aromatic heterocycles. The minimum absolute atomic E-state index is 0.0928. The van der Waals surface area contributed by atoms with Crippen molar-refractivity contribution >= 4 is 33.8 Å². The molecular weight excluding hydrogens is 560 g/mol. The van der Waals surface area contributed by atoms with Crippen LogP contribution in [0.1, 0.15) is 64.0 Å². The number of rotatable bonds is 5. The van der Waals surface area contributed by atoms with E-state index in [2.05, 4.69) is 35.2 Å². The first kappa shape index (κ1) is 31.5. The van der Waals surface area contributed by atoms with Gasteiger partial charge >= 0.3 is 0 Å². The van der Waals surface area contributed by atoms with Crippen LogP contribution >= 0.6 is 11.6 Å². The van der Waals surface area contributed by atoms with Gasteiger partial charge in [-0.1, -0.05) is 67.5 Å². The van der Waals surface area contributed by atoms with Crippen molar-refractivity contribution in [3.8, 4) is 5.75 Å². The highest BCUT2D eigenvalue weighted by Gasteiger charge is 2.29. The number of nitrogens with zero attached hydrogens (tertiary/aromatic N) is 2. The first-order chi connectivity index (χ1) is 19.7. The Bertz CT molecular complexity index is 1340. The lowest BCUT2D eigenvalue weighted by atomic mass is 9.91. The van der Waals surface area contributed by atoms with Crippen LogP contribution in [-0.4, -0.2) is 51.0 Å². The minimum Gasteiger partial charge on any atom is -0.491 e. The number of methoxy groups -OCH3 is 1. The average Bonchev–Trinajstić information content (AvgIpc) is 3.13. The molecule has 0 saturated heterocycles. The maximum Gasteiger partial charge on any atom is 0.254 e. The molecule has 2 aromatic rings. The number of aryl methyl sites for hydroxylation is 1. The van der Waals surface area contributed by atoms with Crippen molar-refractivity contribution in [2.24, 2.45) is 10.3 Å². The topological polar surface area (TPSA) is 77.4 Å². The van der Waals surface area contributed by atoms with Gasteiger partial charge in [0.1, 0.15) is 11.4 Å². The molecule has 0 aliphatic carbocycles. The first-order valence-electron chi connectivity index (χ1n) is 14.5. The summed E-state index contributed by atoms with van der Waals surface area (Å²) in [5.41, 5.74) is 2.13. The summed E-state index contributed by atoms with van der Waals surface area (Å²) < 4.78 is 35.4. The van der Waals surface area contributed by atoms with Gasteiger partial charge in [-0.15, -0.1) is 0 Å². The van der Waals surface area contributed by atoms with E-state index in [-0.39, 0.29) is 24.5 Å². The van der Waals surface area contributed by atoms with Crippen LogP contribution < -0.4 is 9.64 Å². The number of amides is 1. The maximum atomic E-state index is 13.3.